The minimum Gasteiger partial charge on any atom is -0.484 e. The minimum absolute atomic E-state index is 0.248. The van der Waals surface area contributed by atoms with Crippen LogP contribution in [-0.4, -0.2) is 30.5 Å². The van der Waals surface area contributed by atoms with Crippen LogP contribution < -0.4 is 4.74 Å². The van der Waals surface area contributed by atoms with Crippen LogP contribution in [0.25, 0.3) is 0 Å². The van der Waals surface area contributed by atoms with Crippen LogP contribution in [0.2, 0.25) is 0 Å². The molecule has 1 saturated heterocycles. The largest absolute Gasteiger partial charge is 0.484 e. The Hall–Kier alpha value is -1.86. The Bertz CT molecular complexity index is 500. The lowest BCUT2D eigenvalue weighted by Gasteiger charge is -2.29. The van der Waals surface area contributed by atoms with Gasteiger partial charge in [0.2, 0.25) is 35.5 Å². The van der Waals surface area contributed by atoms with Crippen molar-refractivity contribution in [2.24, 2.45) is 0 Å². The number of carbonyl (C=O) groups excluding carboxylic acids is 1. The molecule has 1 fully saturated rings. The number of rotatable bonds is 3. The second-order valence-electron chi connectivity index (χ2n) is 4.36. The summed E-state index contributed by atoms with van der Waals surface area (Å²) >= 11 is 0. The fourth-order valence-corrected chi connectivity index (χ4v) is 1.95. The van der Waals surface area contributed by atoms with Crippen LogP contribution in [0.3, 0.4) is 0 Å². The van der Waals surface area contributed by atoms with Crippen molar-refractivity contribution in [2.75, 3.05) is 13.1 Å². The maximum atomic E-state index is 13.4. The van der Waals surface area contributed by atoms with E-state index in [9.17, 15) is 26.7 Å². The molecule has 1 aliphatic rings. The Balaban J connectivity index is 2.20. The highest BCUT2D eigenvalue weighted by atomic mass is 19.2. The van der Waals surface area contributed by atoms with E-state index >= 15 is 0 Å². The van der Waals surface area contributed by atoms with Gasteiger partial charge in [0.1, 0.15) is 6.10 Å². The fraction of sp³-hybridized carbons (Fsp3) is 0.417. The highest BCUT2D eigenvalue weighted by Crippen LogP contribution is 2.31. The van der Waals surface area contributed by atoms with Crippen LogP contribution in [-0.2, 0) is 4.79 Å². The van der Waals surface area contributed by atoms with Crippen molar-refractivity contribution >= 4 is 6.41 Å². The highest BCUT2D eigenvalue weighted by Gasteiger charge is 2.29. The second-order valence-corrected chi connectivity index (χ2v) is 4.36. The van der Waals surface area contributed by atoms with Gasteiger partial charge in [0.15, 0.2) is 5.75 Å². The first-order chi connectivity index (χ1) is 9.45. The Morgan fingerprint density at radius 3 is 1.80 bits per heavy atom. The number of ether oxygens (including phenoxy) is 1. The number of piperidine rings is 1. The van der Waals surface area contributed by atoms with Crippen molar-refractivity contribution in [3.8, 4) is 5.75 Å². The van der Waals surface area contributed by atoms with Gasteiger partial charge in [-0.3, -0.25) is 4.79 Å². The summed E-state index contributed by atoms with van der Waals surface area (Å²) in [5, 5.41) is 0. The molecule has 8 heteroatoms. The van der Waals surface area contributed by atoms with Crippen molar-refractivity contribution < 1.29 is 31.5 Å². The quantitative estimate of drug-likeness (QED) is 0.371. The minimum atomic E-state index is -2.22. The van der Waals surface area contributed by atoms with E-state index in [1.165, 1.54) is 4.90 Å². The smallest absolute Gasteiger partial charge is 0.209 e. The summed E-state index contributed by atoms with van der Waals surface area (Å²) in [6.07, 6.45) is 0.407. The number of benzene rings is 1. The Morgan fingerprint density at radius 1 is 0.900 bits per heavy atom. The number of hydrogen-bond acceptors (Lipinski definition) is 2. The summed E-state index contributed by atoms with van der Waals surface area (Å²) in [5.74, 6) is -11.5. The lowest BCUT2D eigenvalue weighted by Crippen LogP contribution is -2.37. The molecule has 0 bridgehead atoms. The molecule has 1 heterocycles. The SMILES string of the molecule is O=CN1CCC(Oc2c(F)c(F)c(F)c(F)c2F)CC1. The average Bonchev–Trinajstić information content (AvgIpc) is 2.48. The lowest BCUT2D eigenvalue weighted by molar-refractivity contribution is -0.119. The van der Waals surface area contributed by atoms with Gasteiger partial charge in [-0.25, -0.2) is 13.2 Å². The molecule has 0 atom stereocenters. The van der Waals surface area contributed by atoms with Gasteiger partial charge in [0.05, 0.1) is 0 Å². The number of carbonyl (C=O) groups is 1. The number of nitrogens with zero attached hydrogens (tertiary/aromatic N) is 1. The molecule has 1 amide bonds. The van der Waals surface area contributed by atoms with E-state index in [0.717, 1.165) is 0 Å². The van der Waals surface area contributed by atoms with Crippen molar-refractivity contribution in [1.29, 1.82) is 0 Å². The van der Waals surface area contributed by atoms with Gasteiger partial charge in [-0.15, -0.1) is 0 Å². The maximum absolute atomic E-state index is 13.4. The van der Waals surface area contributed by atoms with Crippen molar-refractivity contribution in [3.05, 3.63) is 29.1 Å². The van der Waals surface area contributed by atoms with Crippen LogP contribution in [0.15, 0.2) is 0 Å². The standard InChI is InChI=1S/C12H10F5NO2/c13-7-8(14)10(16)12(11(17)9(7)15)20-6-1-3-18(5-19)4-2-6/h5-6H,1-4H2. The molecule has 0 N–H and O–H groups in total. The zero-order valence-corrected chi connectivity index (χ0v) is 10.1. The maximum Gasteiger partial charge on any atom is 0.209 e. The first-order valence-corrected chi connectivity index (χ1v) is 5.83. The summed E-state index contributed by atoms with van der Waals surface area (Å²) in [7, 11) is 0. The predicted molar refractivity (Wildman–Crippen MR) is 57.5 cm³/mol. The molecule has 20 heavy (non-hydrogen) atoms. The van der Waals surface area contributed by atoms with E-state index in [4.69, 9.17) is 4.74 Å². The molecule has 1 aliphatic heterocycles. The molecular formula is C12H10F5NO2. The summed E-state index contributed by atoms with van der Waals surface area (Å²) in [4.78, 5) is 11.9. The third kappa shape index (κ3) is 2.54. The average molecular weight is 295 g/mol. The van der Waals surface area contributed by atoms with Gasteiger partial charge in [0, 0.05) is 25.9 Å². The number of halogens is 5. The second kappa shape index (κ2) is 5.64. The van der Waals surface area contributed by atoms with Crippen LogP contribution in [0.1, 0.15) is 12.8 Å². The number of hydrogen-bond donors (Lipinski definition) is 0. The molecular weight excluding hydrogens is 285 g/mol. The first kappa shape index (κ1) is 14.5. The van der Waals surface area contributed by atoms with E-state index in [1.54, 1.807) is 0 Å². The summed E-state index contributed by atoms with van der Waals surface area (Å²) < 4.78 is 70.5. The molecule has 110 valence electrons. The van der Waals surface area contributed by atoms with Crippen molar-refractivity contribution in [1.82, 2.24) is 4.90 Å². The molecule has 1 aromatic carbocycles. The van der Waals surface area contributed by atoms with Crippen LogP contribution in [0.4, 0.5) is 22.0 Å². The fourth-order valence-electron chi connectivity index (χ4n) is 1.95. The Morgan fingerprint density at radius 2 is 1.35 bits per heavy atom. The third-order valence-corrected chi connectivity index (χ3v) is 3.08. The van der Waals surface area contributed by atoms with Crippen LogP contribution in [0.5, 0.6) is 5.75 Å². The molecule has 0 radical (unpaired) electrons. The molecule has 0 saturated carbocycles. The van der Waals surface area contributed by atoms with Crippen molar-refractivity contribution in [2.45, 2.75) is 18.9 Å². The normalized spacial score (nSPS) is 16.4. The molecule has 0 aliphatic carbocycles. The topological polar surface area (TPSA) is 29.5 Å². The number of amides is 1. The molecule has 0 aromatic heterocycles. The predicted octanol–water partition coefficient (Wildman–Crippen LogP) is 2.38. The van der Waals surface area contributed by atoms with E-state index in [0.29, 0.717) is 19.5 Å². The van der Waals surface area contributed by atoms with E-state index in [-0.39, 0.29) is 12.8 Å². The third-order valence-electron chi connectivity index (χ3n) is 3.08. The molecule has 3 nitrogen and oxygen atoms in total. The van der Waals surface area contributed by atoms with Crippen LogP contribution >= 0.6 is 0 Å². The Kier molecular flexibility index (Phi) is 4.10. The number of likely N-dealkylation sites (tertiary alicyclic amines) is 1. The Labute approximate surface area is 110 Å². The van der Waals surface area contributed by atoms with Gasteiger partial charge < -0.3 is 9.64 Å². The van der Waals surface area contributed by atoms with Gasteiger partial charge in [-0.05, 0) is 0 Å². The molecule has 2 rings (SSSR count). The van der Waals surface area contributed by atoms with E-state index in [1.807, 2.05) is 0 Å². The highest BCUT2D eigenvalue weighted by molar-refractivity contribution is 5.47. The van der Waals surface area contributed by atoms with Crippen molar-refractivity contribution in [3.63, 3.8) is 0 Å². The summed E-state index contributed by atoms with van der Waals surface area (Å²) in [6.45, 7) is 0.590. The van der Waals surface area contributed by atoms with E-state index in [2.05, 4.69) is 0 Å². The van der Waals surface area contributed by atoms with Gasteiger partial charge in [0.25, 0.3) is 0 Å². The van der Waals surface area contributed by atoms with Gasteiger partial charge >= 0.3 is 0 Å². The first-order valence-electron chi connectivity index (χ1n) is 5.83. The summed E-state index contributed by atoms with van der Waals surface area (Å²) in [5.41, 5.74) is 0. The van der Waals surface area contributed by atoms with E-state index < -0.39 is 40.9 Å². The zero-order valence-electron chi connectivity index (χ0n) is 10.1. The van der Waals surface area contributed by atoms with Gasteiger partial charge in [-0.1, -0.05) is 0 Å². The van der Waals surface area contributed by atoms with Crippen LogP contribution in [0, 0.1) is 29.1 Å². The zero-order chi connectivity index (χ0) is 14.9. The molecule has 1 aromatic rings. The molecule has 0 spiro atoms. The monoisotopic (exact) mass is 295 g/mol. The molecule has 0 unspecified atom stereocenters. The summed E-state index contributed by atoms with van der Waals surface area (Å²) in [6, 6.07) is 0. The lowest BCUT2D eigenvalue weighted by atomic mass is 10.1. The van der Waals surface area contributed by atoms with Gasteiger partial charge in [-0.2, -0.15) is 8.78 Å².